The number of carbonyl (C=O) groups is 3. The highest BCUT2D eigenvalue weighted by Gasteiger charge is 2.36. The van der Waals surface area contributed by atoms with Gasteiger partial charge in [0.25, 0.3) is 11.1 Å². The van der Waals surface area contributed by atoms with Crippen LogP contribution in [0.1, 0.15) is 23.6 Å². The van der Waals surface area contributed by atoms with E-state index in [0.29, 0.717) is 46.0 Å². The maximum atomic E-state index is 13.0. The minimum atomic E-state index is -0.543. The van der Waals surface area contributed by atoms with E-state index in [1.54, 1.807) is 42.5 Å². The molecule has 1 N–H and O–H groups in total. The summed E-state index contributed by atoms with van der Waals surface area (Å²) in [5, 5.41) is 3.30. The largest absolute Gasteiger partial charge is 0.490 e. The van der Waals surface area contributed by atoms with Crippen LogP contribution < -0.4 is 14.8 Å². The Hall–Kier alpha value is -2.73. The van der Waals surface area contributed by atoms with Crippen LogP contribution in [0.15, 0.2) is 59.5 Å². The lowest BCUT2D eigenvalue weighted by atomic mass is 10.1. The lowest BCUT2D eigenvalue weighted by Crippen LogP contribution is -2.36. The van der Waals surface area contributed by atoms with Gasteiger partial charge in [-0.05, 0) is 107 Å². The molecule has 4 rings (SSSR count). The first-order chi connectivity index (χ1) is 18.6. The molecule has 1 aliphatic heterocycles. The van der Waals surface area contributed by atoms with Gasteiger partial charge in [-0.15, -0.1) is 0 Å². The second kappa shape index (κ2) is 13.1. The van der Waals surface area contributed by atoms with Crippen LogP contribution in [0, 0.1) is 10.5 Å². The number of amides is 3. The fraction of sp³-hybridized carbons (Fsp3) is 0.179. The Bertz CT molecular complexity index is 1460. The molecular formula is C28H23Cl2IN2O5S. The number of anilines is 1. The summed E-state index contributed by atoms with van der Waals surface area (Å²) in [6, 6.07) is 16.1. The van der Waals surface area contributed by atoms with Crippen LogP contribution in [0.2, 0.25) is 10.0 Å². The third-order valence-corrected chi connectivity index (χ3v) is 7.77. The zero-order valence-corrected chi connectivity index (χ0v) is 25.4. The van der Waals surface area contributed by atoms with Crippen LogP contribution in [0.4, 0.5) is 10.5 Å². The molecule has 202 valence electrons. The third-order valence-electron chi connectivity index (χ3n) is 5.57. The maximum absolute atomic E-state index is 13.0. The van der Waals surface area contributed by atoms with Crippen molar-refractivity contribution >= 4 is 86.4 Å². The van der Waals surface area contributed by atoms with Crippen molar-refractivity contribution in [3.05, 3.63) is 89.8 Å². The van der Waals surface area contributed by atoms with Crippen LogP contribution in [0.5, 0.6) is 11.5 Å². The predicted octanol–water partition coefficient (Wildman–Crippen LogP) is 7.56. The van der Waals surface area contributed by atoms with E-state index in [0.717, 1.165) is 31.4 Å². The van der Waals surface area contributed by atoms with Crippen LogP contribution in [0.25, 0.3) is 6.08 Å². The van der Waals surface area contributed by atoms with E-state index in [9.17, 15) is 14.4 Å². The third kappa shape index (κ3) is 7.47. The smallest absolute Gasteiger partial charge is 0.294 e. The van der Waals surface area contributed by atoms with E-state index >= 15 is 0 Å². The van der Waals surface area contributed by atoms with Crippen LogP contribution in [-0.4, -0.2) is 35.1 Å². The number of thioether (sulfide) groups is 1. The standard InChI is InChI=1S/C28H23Cl2IN2O5S/c1-3-37-23-11-18(10-21(31)26(23)38-15-17-5-8-19(29)9-6-17)12-24-27(35)33(28(36)39-24)14-25(34)32-22-13-20(30)7-4-16(22)2/h4-13H,3,14-15H2,1-2H3,(H,32,34)/b24-12+. The molecule has 39 heavy (non-hydrogen) atoms. The second-order valence-electron chi connectivity index (χ2n) is 8.45. The average molecular weight is 697 g/mol. The number of aryl methyl sites for hydroxylation is 1. The monoisotopic (exact) mass is 696 g/mol. The summed E-state index contributed by atoms with van der Waals surface area (Å²) >= 11 is 14.9. The summed E-state index contributed by atoms with van der Waals surface area (Å²) in [4.78, 5) is 39.3. The molecule has 0 unspecified atom stereocenters. The first kappa shape index (κ1) is 29.3. The number of nitrogens with one attached hydrogen (secondary N) is 1. The minimum Gasteiger partial charge on any atom is -0.490 e. The van der Waals surface area contributed by atoms with Crippen molar-refractivity contribution < 1.29 is 23.9 Å². The van der Waals surface area contributed by atoms with Gasteiger partial charge in [-0.3, -0.25) is 19.3 Å². The number of carbonyl (C=O) groups excluding carboxylic acids is 3. The van der Waals surface area contributed by atoms with Crippen molar-refractivity contribution in [3.63, 3.8) is 0 Å². The van der Waals surface area contributed by atoms with Gasteiger partial charge in [-0.25, -0.2) is 0 Å². The highest BCUT2D eigenvalue weighted by molar-refractivity contribution is 14.1. The minimum absolute atomic E-state index is 0.208. The summed E-state index contributed by atoms with van der Waals surface area (Å²) < 4.78 is 12.6. The highest BCUT2D eigenvalue weighted by Crippen LogP contribution is 2.38. The lowest BCUT2D eigenvalue weighted by Gasteiger charge is -2.15. The molecule has 3 amide bonds. The second-order valence-corrected chi connectivity index (χ2v) is 11.5. The Balaban J connectivity index is 1.49. The molecule has 1 fully saturated rings. The fourth-order valence-electron chi connectivity index (χ4n) is 3.66. The predicted molar refractivity (Wildman–Crippen MR) is 164 cm³/mol. The molecule has 0 saturated carbocycles. The molecule has 0 spiro atoms. The van der Waals surface area contributed by atoms with Gasteiger partial charge in [0, 0.05) is 15.7 Å². The van der Waals surface area contributed by atoms with E-state index < -0.39 is 23.6 Å². The molecule has 1 heterocycles. The van der Waals surface area contributed by atoms with Crippen LogP contribution in [0.3, 0.4) is 0 Å². The number of hydrogen-bond acceptors (Lipinski definition) is 6. The van der Waals surface area contributed by atoms with Crippen molar-refractivity contribution in [2.24, 2.45) is 0 Å². The number of halogens is 3. The van der Waals surface area contributed by atoms with Gasteiger partial charge in [0.1, 0.15) is 13.2 Å². The van der Waals surface area contributed by atoms with Crippen molar-refractivity contribution in [2.45, 2.75) is 20.5 Å². The van der Waals surface area contributed by atoms with E-state index in [-0.39, 0.29) is 4.91 Å². The zero-order chi connectivity index (χ0) is 28.1. The molecule has 0 bridgehead atoms. The van der Waals surface area contributed by atoms with Crippen LogP contribution in [-0.2, 0) is 16.2 Å². The molecule has 11 heteroatoms. The van der Waals surface area contributed by atoms with Crippen molar-refractivity contribution in [1.29, 1.82) is 0 Å². The Labute approximate surface area is 254 Å². The molecule has 7 nitrogen and oxygen atoms in total. The Kier molecular flexibility index (Phi) is 9.81. The molecule has 1 saturated heterocycles. The Morgan fingerprint density at radius 3 is 2.49 bits per heavy atom. The molecular weight excluding hydrogens is 674 g/mol. The van der Waals surface area contributed by atoms with Gasteiger partial charge in [0.05, 0.1) is 15.1 Å². The molecule has 3 aromatic carbocycles. The van der Waals surface area contributed by atoms with Gasteiger partial charge in [0.15, 0.2) is 11.5 Å². The first-order valence-corrected chi connectivity index (χ1v) is 14.4. The van der Waals surface area contributed by atoms with Gasteiger partial charge < -0.3 is 14.8 Å². The zero-order valence-electron chi connectivity index (χ0n) is 20.9. The van der Waals surface area contributed by atoms with Gasteiger partial charge in [-0.1, -0.05) is 41.4 Å². The molecule has 0 aromatic heterocycles. The number of nitrogens with zero attached hydrogens (tertiary/aromatic N) is 1. The Morgan fingerprint density at radius 1 is 1.05 bits per heavy atom. The number of rotatable bonds is 9. The van der Waals surface area contributed by atoms with Crippen molar-refractivity contribution in [3.8, 4) is 11.5 Å². The van der Waals surface area contributed by atoms with E-state index in [1.165, 1.54) is 0 Å². The maximum Gasteiger partial charge on any atom is 0.294 e. The van der Waals surface area contributed by atoms with Crippen molar-refractivity contribution in [1.82, 2.24) is 4.90 Å². The molecule has 0 radical (unpaired) electrons. The van der Waals surface area contributed by atoms with E-state index in [2.05, 4.69) is 27.9 Å². The SMILES string of the molecule is CCOc1cc(/C=C2/SC(=O)N(CC(=O)Nc3cc(Cl)ccc3C)C2=O)cc(I)c1OCc1ccc(Cl)cc1. The number of benzene rings is 3. The van der Waals surface area contributed by atoms with E-state index in [1.807, 2.05) is 32.0 Å². The molecule has 0 atom stereocenters. The van der Waals surface area contributed by atoms with Crippen molar-refractivity contribution in [2.75, 3.05) is 18.5 Å². The van der Waals surface area contributed by atoms with Gasteiger partial charge >= 0.3 is 0 Å². The van der Waals surface area contributed by atoms with Gasteiger partial charge in [0.2, 0.25) is 5.91 Å². The lowest BCUT2D eigenvalue weighted by molar-refractivity contribution is -0.127. The number of imide groups is 1. The summed E-state index contributed by atoms with van der Waals surface area (Å²) in [6.07, 6.45) is 1.61. The summed E-state index contributed by atoms with van der Waals surface area (Å²) in [5.74, 6) is 0.0454. The Morgan fingerprint density at radius 2 is 1.77 bits per heavy atom. The molecule has 0 aliphatic carbocycles. The summed E-state index contributed by atoms with van der Waals surface area (Å²) in [7, 11) is 0. The fourth-order valence-corrected chi connectivity index (χ4v) is 5.58. The number of ether oxygens (including phenoxy) is 2. The highest BCUT2D eigenvalue weighted by atomic mass is 127. The number of hydrogen-bond donors (Lipinski definition) is 1. The first-order valence-electron chi connectivity index (χ1n) is 11.8. The van der Waals surface area contributed by atoms with Crippen LogP contribution >= 0.6 is 57.6 Å². The van der Waals surface area contributed by atoms with E-state index in [4.69, 9.17) is 32.7 Å². The molecule has 1 aliphatic rings. The molecule has 3 aromatic rings. The quantitative estimate of drug-likeness (QED) is 0.184. The van der Waals surface area contributed by atoms with Gasteiger partial charge in [-0.2, -0.15) is 0 Å². The average Bonchev–Trinajstić information content (AvgIpc) is 3.14. The normalized spacial score (nSPS) is 14.2. The summed E-state index contributed by atoms with van der Waals surface area (Å²) in [6.45, 7) is 4.01. The summed E-state index contributed by atoms with van der Waals surface area (Å²) in [5.41, 5.74) is 2.93. The topological polar surface area (TPSA) is 84.9 Å².